The van der Waals surface area contributed by atoms with Crippen LogP contribution < -0.4 is 20.1 Å². The van der Waals surface area contributed by atoms with Gasteiger partial charge in [-0.1, -0.05) is 0 Å². The van der Waals surface area contributed by atoms with Gasteiger partial charge in [0.15, 0.2) is 6.61 Å². The second-order valence-corrected chi connectivity index (χ2v) is 3.34. The van der Waals surface area contributed by atoms with Crippen molar-refractivity contribution in [2.24, 2.45) is 5.84 Å². The molecule has 0 unspecified atom stereocenters. The van der Waals surface area contributed by atoms with Gasteiger partial charge in [-0.3, -0.25) is 9.80 Å². The third-order valence-corrected chi connectivity index (χ3v) is 2.08. The van der Waals surface area contributed by atoms with Crippen LogP contribution in [0.1, 0.15) is 0 Å². The van der Waals surface area contributed by atoms with E-state index in [1.807, 2.05) is 0 Å². The molecule has 0 saturated heterocycles. The first-order chi connectivity index (χ1) is 8.06. The zero-order chi connectivity index (χ0) is 12.8. The maximum absolute atomic E-state index is 11.2. The van der Waals surface area contributed by atoms with Crippen LogP contribution in [0.5, 0.6) is 17.2 Å². The van der Waals surface area contributed by atoms with Gasteiger partial charge in [-0.15, -0.1) is 0 Å². The quantitative estimate of drug-likeness (QED) is 0.458. The third-order valence-electron chi connectivity index (χ3n) is 2.08. The summed E-state index contributed by atoms with van der Waals surface area (Å²) < 4.78 is 15.4. The summed E-state index contributed by atoms with van der Waals surface area (Å²) in [5.41, 5.74) is 0. The lowest BCUT2D eigenvalue weighted by Crippen LogP contribution is -2.36. The lowest BCUT2D eigenvalue weighted by molar-refractivity contribution is -0.132. The van der Waals surface area contributed by atoms with Crippen LogP contribution in [0.25, 0.3) is 0 Å². The number of hydrogen-bond donors (Lipinski definition) is 1. The molecule has 2 N–H and O–H groups in total. The lowest BCUT2D eigenvalue weighted by atomic mass is 10.3. The van der Waals surface area contributed by atoms with Gasteiger partial charge in [-0.05, 0) is 0 Å². The first-order valence-electron chi connectivity index (χ1n) is 4.94. The highest BCUT2D eigenvalue weighted by molar-refractivity contribution is 5.76. The highest BCUT2D eigenvalue weighted by Crippen LogP contribution is 2.27. The fourth-order valence-electron chi connectivity index (χ4n) is 1.11. The van der Waals surface area contributed by atoms with E-state index in [2.05, 4.69) is 0 Å². The highest BCUT2D eigenvalue weighted by atomic mass is 16.5. The molecule has 0 spiro atoms. The number of benzene rings is 1. The topological polar surface area (TPSA) is 74.0 Å². The van der Waals surface area contributed by atoms with E-state index in [9.17, 15) is 4.79 Å². The molecule has 0 heterocycles. The summed E-state index contributed by atoms with van der Waals surface area (Å²) >= 11 is 0. The summed E-state index contributed by atoms with van der Waals surface area (Å²) in [6.07, 6.45) is 0. The number of hydrazine groups is 1. The van der Waals surface area contributed by atoms with E-state index in [1.54, 1.807) is 18.2 Å². The molecular formula is C11H16N2O4. The molecular weight excluding hydrogens is 224 g/mol. The smallest absolute Gasteiger partial charge is 0.274 e. The molecule has 17 heavy (non-hydrogen) atoms. The van der Waals surface area contributed by atoms with Gasteiger partial charge in [-0.25, -0.2) is 5.84 Å². The predicted octanol–water partition coefficient (Wildman–Crippen LogP) is 0.415. The predicted molar refractivity (Wildman–Crippen MR) is 62.0 cm³/mol. The number of carbonyl (C=O) groups is 1. The maximum atomic E-state index is 11.2. The number of carbonyl (C=O) groups excluding carboxylic acids is 1. The first-order valence-corrected chi connectivity index (χ1v) is 4.94. The van der Waals surface area contributed by atoms with Gasteiger partial charge in [0.25, 0.3) is 5.91 Å². The molecule has 1 amide bonds. The van der Waals surface area contributed by atoms with Crippen LogP contribution in [-0.2, 0) is 4.79 Å². The SMILES string of the molecule is COc1cc(OC)cc(OCC(=O)N(C)N)c1. The molecule has 0 aromatic heterocycles. The molecule has 0 fully saturated rings. The van der Waals surface area contributed by atoms with E-state index in [0.717, 1.165) is 5.01 Å². The Morgan fingerprint density at radius 1 is 1.18 bits per heavy atom. The summed E-state index contributed by atoms with van der Waals surface area (Å²) in [7, 11) is 4.53. The molecule has 0 bridgehead atoms. The van der Waals surface area contributed by atoms with Crippen molar-refractivity contribution in [3.8, 4) is 17.2 Å². The Bertz CT molecular complexity index is 371. The van der Waals surface area contributed by atoms with Crippen molar-refractivity contribution in [3.05, 3.63) is 18.2 Å². The Labute approximate surface area is 99.8 Å². The van der Waals surface area contributed by atoms with Crippen LogP contribution in [0, 0.1) is 0 Å². The number of hydrogen-bond acceptors (Lipinski definition) is 5. The first kappa shape index (κ1) is 13.1. The molecule has 0 saturated carbocycles. The molecule has 0 aliphatic rings. The minimum atomic E-state index is -0.327. The Hall–Kier alpha value is -1.95. The molecule has 0 aliphatic carbocycles. The molecule has 0 aliphatic heterocycles. The van der Waals surface area contributed by atoms with E-state index >= 15 is 0 Å². The maximum Gasteiger partial charge on any atom is 0.274 e. The second kappa shape index (κ2) is 5.95. The number of ether oxygens (including phenoxy) is 3. The molecule has 94 valence electrons. The average molecular weight is 240 g/mol. The summed E-state index contributed by atoms with van der Waals surface area (Å²) in [4.78, 5) is 11.2. The van der Waals surface area contributed by atoms with Crippen molar-refractivity contribution in [1.82, 2.24) is 5.01 Å². The Balaban J connectivity index is 2.73. The van der Waals surface area contributed by atoms with Gasteiger partial charge in [0.1, 0.15) is 17.2 Å². The van der Waals surface area contributed by atoms with Crippen molar-refractivity contribution < 1.29 is 19.0 Å². The summed E-state index contributed by atoms with van der Waals surface area (Å²) in [5, 5.41) is 0.970. The molecule has 1 rings (SSSR count). The van der Waals surface area contributed by atoms with E-state index in [-0.39, 0.29) is 12.5 Å². The molecule has 1 aromatic carbocycles. The second-order valence-electron chi connectivity index (χ2n) is 3.34. The minimum absolute atomic E-state index is 0.136. The number of methoxy groups -OCH3 is 2. The van der Waals surface area contributed by atoms with Crippen LogP contribution in [0.4, 0.5) is 0 Å². The van der Waals surface area contributed by atoms with Gasteiger partial charge in [0, 0.05) is 25.2 Å². The third kappa shape index (κ3) is 3.84. The Morgan fingerprint density at radius 3 is 2.06 bits per heavy atom. The minimum Gasteiger partial charge on any atom is -0.496 e. The standard InChI is InChI=1S/C11H16N2O4/c1-13(12)11(14)7-17-10-5-8(15-2)4-9(6-10)16-3/h4-6H,7,12H2,1-3H3. The summed E-state index contributed by atoms with van der Waals surface area (Å²) in [5.74, 6) is 6.60. The van der Waals surface area contributed by atoms with Crippen LogP contribution in [0.15, 0.2) is 18.2 Å². The number of rotatable bonds is 5. The monoisotopic (exact) mass is 240 g/mol. The normalized spacial score (nSPS) is 9.65. The van der Waals surface area contributed by atoms with Crippen LogP contribution in [0.3, 0.4) is 0 Å². The van der Waals surface area contributed by atoms with E-state index in [1.165, 1.54) is 21.3 Å². The molecule has 1 aromatic rings. The zero-order valence-corrected chi connectivity index (χ0v) is 10.1. The van der Waals surface area contributed by atoms with E-state index in [4.69, 9.17) is 20.1 Å². The van der Waals surface area contributed by atoms with Gasteiger partial charge in [0.2, 0.25) is 0 Å². The van der Waals surface area contributed by atoms with Crippen molar-refractivity contribution in [3.63, 3.8) is 0 Å². The van der Waals surface area contributed by atoms with Crippen molar-refractivity contribution >= 4 is 5.91 Å². The largest absolute Gasteiger partial charge is 0.496 e. The fourth-order valence-corrected chi connectivity index (χ4v) is 1.11. The summed E-state index contributed by atoms with van der Waals surface area (Å²) in [6.45, 7) is -0.136. The molecule has 0 radical (unpaired) electrons. The summed E-state index contributed by atoms with van der Waals surface area (Å²) in [6, 6.07) is 5.03. The number of likely N-dealkylation sites (N-methyl/N-ethyl adjacent to an activating group) is 1. The van der Waals surface area contributed by atoms with Gasteiger partial charge in [-0.2, -0.15) is 0 Å². The Morgan fingerprint density at radius 2 is 1.65 bits per heavy atom. The molecule has 0 atom stereocenters. The van der Waals surface area contributed by atoms with Crippen molar-refractivity contribution in [2.75, 3.05) is 27.9 Å². The lowest BCUT2D eigenvalue weighted by Gasteiger charge is -2.12. The van der Waals surface area contributed by atoms with Gasteiger partial charge < -0.3 is 14.2 Å². The molecule has 6 nitrogen and oxygen atoms in total. The number of nitrogens with zero attached hydrogens (tertiary/aromatic N) is 1. The van der Waals surface area contributed by atoms with Crippen molar-refractivity contribution in [1.29, 1.82) is 0 Å². The van der Waals surface area contributed by atoms with Gasteiger partial charge in [0.05, 0.1) is 14.2 Å². The van der Waals surface area contributed by atoms with Crippen molar-refractivity contribution in [2.45, 2.75) is 0 Å². The molecule has 6 heteroatoms. The van der Waals surface area contributed by atoms with Crippen LogP contribution >= 0.6 is 0 Å². The average Bonchev–Trinajstić information content (AvgIpc) is 2.35. The zero-order valence-electron chi connectivity index (χ0n) is 10.1. The fraction of sp³-hybridized carbons (Fsp3) is 0.364. The number of amides is 1. The van der Waals surface area contributed by atoms with Gasteiger partial charge >= 0.3 is 0 Å². The van der Waals surface area contributed by atoms with Crippen LogP contribution in [-0.4, -0.2) is 38.8 Å². The van der Waals surface area contributed by atoms with E-state index in [0.29, 0.717) is 17.2 Å². The highest BCUT2D eigenvalue weighted by Gasteiger charge is 2.07. The van der Waals surface area contributed by atoms with E-state index < -0.39 is 0 Å². The Kier molecular flexibility index (Phi) is 4.59. The number of nitrogens with two attached hydrogens (primary N) is 1. The van der Waals surface area contributed by atoms with Crippen LogP contribution in [0.2, 0.25) is 0 Å².